The zero-order valence-electron chi connectivity index (χ0n) is 9.99. The number of tetrazole rings is 1. The molecule has 0 fully saturated rings. The smallest absolute Gasteiger partial charge is 0.250 e. The number of nitrogens with zero attached hydrogens (tertiary/aromatic N) is 6. The molecule has 0 radical (unpaired) electrons. The van der Waals surface area contributed by atoms with E-state index in [9.17, 15) is 4.39 Å². The van der Waals surface area contributed by atoms with Crippen molar-refractivity contribution in [3.8, 4) is 11.4 Å². The number of aryl methyl sites for hydroxylation is 1. The minimum atomic E-state index is -0.308. The summed E-state index contributed by atoms with van der Waals surface area (Å²) in [4.78, 5) is 5.38. The molecule has 0 N–H and O–H groups in total. The molecule has 0 atom stereocenters. The normalized spacial score (nSPS) is 10.8. The Hall–Kier alpha value is -2.64. The van der Waals surface area contributed by atoms with E-state index in [-0.39, 0.29) is 12.4 Å². The molecule has 0 amide bonds. The quantitative estimate of drug-likeness (QED) is 0.704. The lowest BCUT2D eigenvalue weighted by Gasteiger charge is -1.93. The summed E-state index contributed by atoms with van der Waals surface area (Å²) in [6.07, 6.45) is 0. The summed E-state index contributed by atoms with van der Waals surface area (Å²) in [6.45, 7) is 1.97. The number of aromatic nitrogens is 6. The van der Waals surface area contributed by atoms with Crippen molar-refractivity contribution < 1.29 is 8.91 Å². The van der Waals surface area contributed by atoms with Gasteiger partial charge in [0.25, 0.3) is 0 Å². The summed E-state index contributed by atoms with van der Waals surface area (Å²) < 4.78 is 17.8. The fraction of sp³-hybridized carbons (Fsp3) is 0.182. The lowest BCUT2D eigenvalue weighted by Crippen LogP contribution is -2.04. The van der Waals surface area contributed by atoms with Gasteiger partial charge in [0.05, 0.1) is 0 Å². The number of hydrogen-bond acceptors (Lipinski definition) is 6. The molecule has 0 aliphatic carbocycles. The fourth-order valence-corrected chi connectivity index (χ4v) is 1.55. The Bertz CT molecular complexity index is 689. The maximum Gasteiger partial charge on any atom is 0.250 e. The van der Waals surface area contributed by atoms with Crippen LogP contribution in [0.3, 0.4) is 0 Å². The number of benzene rings is 1. The highest BCUT2D eigenvalue weighted by Gasteiger charge is 2.09. The molecule has 19 heavy (non-hydrogen) atoms. The van der Waals surface area contributed by atoms with Crippen molar-refractivity contribution in [3.63, 3.8) is 0 Å². The Kier molecular flexibility index (Phi) is 2.75. The molecule has 2 heterocycles. The lowest BCUT2D eigenvalue weighted by molar-refractivity contribution is 0.353. The highest BCUT2D eigenvalue weighted by Crippen LogP contribution is 2.13. The number of halogens is 1. The Morgan fingerprint density at radius 3 is 2.74 bits per heavy atom. The van der Waals surface area contributed by atoms with Gasteiger partial charge in [-0.05, 0) is 36.4 Å². The molecular weight excluding hydrogens is 251 g/mol. The molecule has 0 aliphatic rings. The van der Waals surface area contributed by atoms with Crippen LogP contribution in [0.25, 0.3) is 11.4 Å². The van der Waals surface area contributed by atoms with Gasteiger partial charge in [-0.25, -0.2) is 4.39 Å². The second kappa shape index (κ2) is 4.56. The SMILES string of the molecule is Cc1noc(Cn2nnc(-c3ccc(F)cc3)n2)n1. The maximum absolute atomic E-state index is 12.8. The van der Waals surface area contributed by atoms with Gasteiger partial charge in [-0.2, -0.15) is 9.78 Å². The summed E-state index contributed by atoms with van der Waals surface area (Å²) in [6, 6.07) is 5.87. The van der Waals surface area contributed by atoms with Crippen LogP contribution in [0.2, 0.25) is 0 Å². The van der Waals surface area contributed by atoms with E-state index >= 15 is 0 Å². The van der Waals surface area contributed by atoms with Crippen LogP contribution in [0, 0.1) is 12.7 Å². The van der Waals surface area contributed by atoms with Crippen molar-refractivity contribution in [1.82, 2.24) is 30.3 Å². The predicted octanol–water partition coefficient (Wildman–Crippen LogP) is 1.22. The largest absolute Gasteiger partial charge is 0.337 e. The first kappa shape index (κ1) is 11.5. The van der Waals surface area contributed by atoms with Crippen molar-refractivity contribution >= 4 is 0 Å². The Morgan fingerprint density at radius 2 is 2.05 bits per heavy atom. The predicted molar refractivity (Wildman–Crippen MR) is 61.3 cm³/mol. The van der Waals surface area contributed by atoms with E-state index in [2.05, 4.69) is 25.6 Å². The van der Waals surface area contributed by atoms with Crippen LogP contribution >= 0.6 is 0 Å². The third kappa shape index (κ3) is 2.46. The molecule has 96 valence electrons. The third-order valence-electron chi connectivity index (χ3n) is 2.40. The molecule has 0 unspecified atom stereocenters. The van der Waals surface area contributed by atoms with Gasteiger partial charge in [0, 0.05) is 5.56 Å². The summed E-state index contributed by atoms with van der Waals surface area (Å²) >= 11 is 0. The van der Waals surface area contributed by atoms with E-state index in [0.29, 0.717) is 23.1 Å². The second-order valence-corrected chi connectivity index (χ2v) is 3.89. The van der Waals surface area contributed by atoms with E-state index in [1.165, 1.54) is 16.9 Å². The maximum atomic E-state index is 12.8. The average molecular weight is 260 g/mol. The van der Waals surface area contributed by atoms with Crippen LogP contribution in [0.15, 0.2) is 28.8 Å². The van der Waals surface area contributed by atoms with E-state index < -0.39 is 0 Å². The summed E-state index contributed by atoms with van der Waals surface area (Å²) in [7, 11) is 0. The summed E-state index contributed by atoms with van der Waals surface area (Å²) in [5.74, 6) is 1.06. The first-order valence-electron chi connectivity index (χ1n) is 5.53. The van der Waals surface area contributed by atoms with Gasteiger partial charge in [0.15, 0.2) is 5.82 Å². The summed E-state index contributed by atoms with van der Waals surface area (Å²) in [5.41, 5.74) is 0.689. The van der Waals surface area contributed by atoms with Gasteiger partial charge in [0.2, 0.25) is 11.7 Å². The van der Waals surface area contributed by atoms with Crippen molar-refractivity contribution in [2.45, 2.75) is 13.5 Å². The summed E-state index contributed by atoms with van der Waals surface area (Å²) in [5, 5.41) is 15.6. The van der Waals surface area contributed by atoms with E-state index in [4.69, 9.17) is 4.52 Å². The lowest BCUT2D eigenvalue weighted by atomic mass is 10.2. The molecule has 0 bridgehead atoms. The topological polar surface area (TPSA) is 82.5 Å². The van der Waals surface area contributed by atoms with Gasteiger partial charge in [-0.1, -0.05) is 5.16 Å². The highest BCUT2D eigenvalue weighted by molar-refractivity contribution is 5.53. The number of hydrogen-bond donors (Lipinski definition) is 0. The fourth-order valence-electron chi connectivity index (χ4n) is 1.55. The van der Waals surface area contributed by atoms with Crippen LogP contribution < -0.4 is 0 Å². The van der Waals surface area contributed by atoms with Gasteiger partial charge in [-0.15, -0.1) is 10.2 Å². The minimum Gasteiger partial charge on any atom is -0.337 e. The molecule has 2 aromatic heterocycles. The molecule has 1 aromatic carbocycles. The van der Waals surface area contributed by atoms with E-state index in [0.717, 1.165) is 0 Å². The van der Waals surface area contributed by atoms with Crippen LogP contribution in [0.4, 0.5) is 4.39 Å². The van der Waals surface area contributed by atoms with E-state index in [1.54, 1.807) is 19.1 Å². The standard InChI is InChI=1S/C11H9FN6O/c1-7-13-10(19-16-7)6-18-15-11(14-17-18)8-2-4-9(12)5-3-8/h2-5H,6H2,1H3. The zero-order valence-corrected chi connectivity index (χ0v) is 9.99. The minimum absolute atomic E-state index is 0.245. The first-order chi connectivity index (χ1) is 9.20. The van der Waals surface area contributed by atoms with Gasteiger partial charge in [-0.3, -0.25) is 0 Å². The Balaban J connectivity index is 1.81. The second-order valence-electron chi connectivity index (χ2n) is 3.89. The van der Waals surface area contributed by atoms with Gasteiger partial charge < -0.3 is 4.52 Å². The molecule has 7 nitrogen and oxygen atoms in total. The molecule has 3 aromatic rings. The molecule has 0 saturated heterocycles. The Labute approximate surface area is 107 Å². The molecule has 8 heteroatoms. The van der Waals surface area contributed by atoms with Crippen LogP contribution in [0.5, 0.6) is 0 Å². The molecule has 0 spiro atoms. The Morgan fingerprint density at radius 1 is 1.26 bits per heavy atom. The highest BCUT2D eigenvalue weighted by atomic mass is 19.1. The van der Waals surface area contributed by atoms with Crippen molar-refractivity contribution in [1.29, 1.82) is 0 Å². The van der Waals surface area contributed by atoms with E-state index in [1.807, 2.05) is 0 Å². The van der Waals surface area contributed by atoms with Crippen LogP contribution in [-0.2, 0) is 6.54 Å². The van der Waals surface area contributed by atoms with Crippen LogP contribution in [-0.4, -0.2) is 30.3 Å². The van der Waals surface area contributed by atoms with Crippen molar-refractivity contribution in [2.75, 3.05) is 0 Å². The van der Waals surface area contributed by atoms with Crippen LogP contribution in [0.1, 0.15) is 11.7 Å². The molecular formula is C11H9FN6O. The monoisotopic (exact) mass is 260 g/mol. The molecule has 3 rings (SSSR count). The van der Waals surface area contributed by atoms with Crippen molar-refractivity contribution in [3.05, 3.63) is 41.8 Å². The van der Waals surface area contributed by atoms with Gasteiger partial charge in [0.1, 0.15) is 12.4 Å². The third-order valence-corrected chi connectivity index (χ3v) is 2.40. The first-order valence-corrected chi connectivity index (χ1v) is 5.53. The van der Waals surface area contributed by atoms with Crippen molar-refractivity contribution in [2.24, 2.45) is 0 Å². The number of rotatable bonds is 3. The molecule has 0 aliphatic heterocycles. The zero-order chi connectivity index (χ0) is 13.2. The average Bonchev–Trinajstić information content (AvgIpc) is 3.00. The van der Waals surface area contributed by atoms with Gasteiger partial charge >= 0.3 is 0 Å². The molecule has 0 saturated carbocycles.